The van der Waals surface area contributed by atoms with E-state index in [9.17, 15) is 4.79 Å². The number of anilines is 1. The van der Waals surface area contributed by atoms with Crippen LogP contribution in [0, 0.1) is 0 Å². The second kappa shape index (κ2) is 7.09. The van der Waals surface area contributed by atoms with E-state index in [0.29, 0.717) is 11.3 Å². The van der Waals surface area contributed by atoms with Crippen LogP contribution in [0.2, 0.25) is 0 Å². The van der Waals surface area contributed by atoms with Crippen molar-refractivity contribution in [3.8, 4) is 5.75 Å². The molecule has 3 nitrogen and oxygen atoms in total. The van der Waals surface area contributed by atoms with Gasteiger partial charge in [-0.3, -0.25) is 4.79 Å². The Bertz CT molecular complexity index is 671. The van der Waals surface area contributed by atoms with Gasteiger partial charge in [0, 0.05) is 14.6 Å². The van der Waals surface area contributed by atoms with Crippen LogP contribution in [0.1, 0.15) is 22.8 Å². The van der Waals surface area contributed by atoms with E-state index in [1.54, 1.807) is 19.2 Å². The minimum atomic E-state index is -0.184. The zero-order valence-corrected chi connectivity index (χ0v) is 14.9. The maximum atomic E-state index is 12.4. The van der Waals surface area contributed by atoms with Gasteiger partial charge in [-0.05, 0) is 48.4 Å². The fourth-order valence-electron chi connectivity index (χ4n) is 2.02. The molecule has 0 saturated heterocycles. The third-order valence-electron chi connectivity index (χ3n) is 3.10. The van der Waals surface area contributed by atoms with Crippen molar-refractivity contribution in [2.24, 2.45) is 0 Å². The Morgan fingerprint density at radius 3 is 2.48 bits per heavy atom. The van der Waals surface area contributed by atoms with Crippen molar-refractivity contribution in [1.29, 1.82) is 0 Å². The van der Waals surface area contributed by atoms with Gasteiger partial charge >= 0.3 is 0 Å². The molecule has 0 spiro atoms. The lowest BCUT2D eigenvalue weighted by Gasteiger charge is -2.12. The molecule has 0 radical (unpaired) electrons. The monoisotopic (exact) mass is 411 g/mol. The standard InChI is InChI=1S/C16H15Br2NO2/c1-3-10-8-11(17)5-7-14(10)19-16(20)13-6-4-12(18)9-15(13)21-2/h4-9H,3H2,1-2H3,(H,19,20). The van der Waals surface area contributed by atoms with Crippen LogP contribution >= 0.6 is 31.9 Å². The van der Waals surface area contributed by atoms with E-state index >= 15 is 0 Å². The van der Waals surface area contributed by atoms with Crippen molar-refractivity contribution < 1.29 is 9.53 Å². The molecule has 0 unspecified atom stereocenters. The molecule has 0 aromatic heterocycles. The number of aryl methyl sites for hydroxylation is 1. The van der Waals surface area contributed by atoms with E-state index in [2.05, 4.69) is 44.1 Å². The van der Waals surface area contributed by atoms with E-state index in [4.69, 9.17) is 4.74 Å². The number of methoxy groups -OCH3 is 1. The summed E-state index contributed by atoms with van der Waals surface area (Å²) in [6.45, 7) is 2.05. The molecule has 0 fully saturated rings. The minimum absolute atomic E-state index is 0.184. The fraction of sp³-hybridized carbons (Fsp3) is 0.188. The number of nitrogens with one attached hydrogen (secondary N) is 1. The highest BCUT2D eigenvalue weighted by atomic mass is 79.9. The first-order valence-electron chi connectivity index (χ1n) is 6.48. The van der Waals surface area contributed by atoms with Gasteiger partial charge in [0.2, 0.25) is 0 Å². The van der Waals surface area contributed by atoms with Crippen molar-refractivity contribution in [2.75, 3.05) is 12.4 Å². The van der Waals surface area contributed by atoms with Crippen molar-refractivity contribution >= 4 is 43.5 Å². The summed E-state index contributed by atoms with van der Waals surface area (Å²) >= 11 is 6.81. The summed E-state index contributed by atoms with van der Waals surface area (Å²) in [4.78, 5) is 12.4. The van der Waals surface area contributed by atoms with Gasteiger partial charge in [-0.1, -0.05) is 38.8 Å². The lowest BCUT2D eigenvalue weighted by atomic mass is 10.1. The third-order valence-corrected chi connectivity index (χ3v) is 4.09. The molecule has 1 N–H and O–H groups in total. The van der Waals surface area contributed by atoms with Crippen LogP contribution in [0.4, 0.5) is 5.69 Å². The Kier molecular flexibility index (Phi) is 5.42. The first kappa shape index (κ1) is 16.0. The topological polar surface area (TPSA) is 38.3 Å². The first-order valence-corrected chi connectivity index (χ1v) is 8.07. The number of amides is 1. The van der Waals surface area contributed by atoms with Crippen LogP contribution < -0.4 is 10.1 Å². The maximum absolute atomic E-state index is 12.4. The smallest absolute Gasteiger partial charge is 0.259 e. The second-order valence-corrected chi connectivity index (χ2v) is 6.29. The molecular weight excluding hydrogens is 398 g/mol. The Morgan fingerprint density at radius 1 is 1.14 bits per heavy atom. The quantitative estimate of drug-likeness (QED) is 0.764. The highest BCUT2D eigenvalue weighted by molar-refractivity contribution is 9.10. The Hall–Kier alpha value is -1.33. The third kappa shape index (κ3) is 3.86. The van der Waals surface area contributed by atoms with Gasteiger partial charge in [0.15, 0.2) is 0 Å². The molecule has 0 saturated carbocycles. The van der Waals surface area contributed by atoms with E-state index in [1.165, 1.54) is 0 Å². The molecule has 0 aliphatic heterocycles. The van der Waals surface area contributed by atoms with E-state index in [-0.39, 0.29) is 5.91 Å². The molecule has 110 valence electrons. The van der Waals surface area contributed by atoms with E-state index < -0.39 is 0 Å². The highest BCUT2D eigenvalue weighted by Gasteiger charge is 2.14. The van der Waals surface area contributed by atoms with Gasteiger partial charge in [-0.2, -0.15) is 0 Å². The van der Waals surface area contributed by atoms with Crippen molar-refractivity contribution in [2.45, 2.75) is 13.3 Å². The Labute approximate surface area is 141 Å². The molecule has 2 rings (SSSR count). The second-order valence-electron chi connectivity index (χ2n) is 4.45. The molecule has 2 aromatic rings. The normalized spacial score (nSPS) is 10.3. The predicted molar refractivity (Wildman–Crippen MR) is 92.2 cm³/mol. The van der Waals surface area contributed by atoms with Crippen molar-refractivity contribution in [1.82, 2.24) is 0 Å². The van der Waals surface area contributed by atoms with Gasteiger partial charge in [-0.25, -0.2) is 0 Å². The molecule has 0 aliphatic carbocycles. The first-order chi connectivity index (χ1) is 10.0. The van der Waals surface area contributed by atoms with Crippen LogP contribution in [0.15, 0.2) is 45.3 Å². The summed E-state index contributed by atoms with van der Waals surface area (Å²) in [7, 11) is 1.55. The SMILES string of the molecule is CCc1cc(Br)ccc1NC(=O)c1ccc(Br)cc1OC. The van der Waals surface area contributed by atoms with Crippen LogP contribution in [0.25, 0.3) is 0 Å². The molecule has 0 atom stereocenters. The summed E-state index contributed by atoms with van der Waals surface area (Å²) in [5, 5.41) is 2.94. The number of carbonyl (C=O) groups is 1. The lowest BCUT2D eigenvalue weighted by molar-refractivity contribution is 0.102. The zero-order valence-electron chi connectivity index (χ0n) is 11.7. The van der Waals surface area contributed by atoms with E-state index in [0.717, 1.165) is 26.6 Å². The lowest BCUT2D eigenvalue weighted by Crippen LogP contribution is -2.14. The van der Waals surface area contributed by atoms with E-state index in [1.807, 2.05) is 24.3 Å². The highest BCUT2D eigenvalue weighted by Crippen LogP contribution is 2.26. The predicted octanol–water partition coefficient (Wildman–Crippen LogP) is 5.03. The molecule has 21 heavy (non-hydrogen) atoms. The zero-order chi connectivity index (χ0) is 15.4. The van der Waals surface area contributed by atoms with Crippen molar-refractivity contribution in [3.05, 3.63) is 56.5 Å². The molecule has 0 heterocycles. The van der Waals surface area contributed by atoms with Gasteiger partial charge in [0.25, 0.3) is 5.91 Å². The van der Waals surface area contributed by atoms with Crippen LogP contribution in [0.3, 0.4) is 0 Å². The minimum Gasteiger partial charge on any atom is -0.496 e. The number of rotatable bonds is 4. The molecule has 2 aromatic carbocycles. The number of hydrogen-bond acceptors (Lipinski definition) is 2. The van der Waals surface area contributed by atoms with Gasteiger partial charge in [-0.15, -0.1) is 0 Å². The largest absolute Gasteiger partial charge is 0.496 e. The van der Waals surface area contributed by atoms with Gasteiger partial charge < -0.3 is 10.1 Å². The average Bonchev–Trinajstić information content (AvgIpc) is 2.48. The number of halogens is 2. The molecular formula is C16H15Br2NO2. The summed E-state index contributed by atoms with van der Waals surface area (Å²) in [5.41, 5.74) is 2.40. The summed E-state index contributed by atoms with van der Waals surface area (Å²) in [6.07, 6.45) is 0.840. The van der Waals surface area contributed by atoms with Crippen LogP contribution in [-0.4, -0.2) is 13.0 Å². The number of carbonyl (C=O) groups excluding carboxylic acids is 1. The Morgan fingerprint density at radius 2 is 1.81 bits per heavy atom. The number of ether oxygens (including phenoxy) is 1. The van der Waals surface area contributed by atoms with Gasteiger partial charge in [0.1, 0.15) is 5.75 Å². The number of benzene rings is 2. The van der Waals surface area contributed by atoms with Crippen LogP contribution in [0.5, 0.6) is 5.75 Å². The fourth-order valence-corrected chi connectivity index (χ4v) is 2.77. The molecule has 1 amide bonds. The van der Waals surface area contributed by atoms with Crippen LogP contribution in [-0.2, 0) is 6.42 Å². The summed E-state index contributed by atoms with van der Waals surface area (Å²) in [5.74, 6) is 0.355. The molecule has 0 aliphatic rings. The molecule has 5 heteroatoms. The molecule has 0 bridgehead atoms. The van der Waals surface area contributed by atoms with Crippen molar-refractivity contribution in [3.63, 3.8) is 0 Å². The number of hydrogen-bond donors (Lipinski definition) is 1. The summed E-state index contributed by atoms with van der Waals surface area (Å²) < 4.78 is 7.13. The summed E-state index contributed by atoms with van der Waals surface area (Å²) in [6, 6.07) is 11.1. The Balaban J connectivity index is 2.30. The maximum Gasteiger partial charge on any atom is 0.259 e. The van der Waals surface area contributed by atoms with Gasteiger partial charge in [0.05, 0.1) is 12.7 Å². The average molecular weight is 413 g/mol.